The molecule has 0 amide bonds. The Morgan fingerprint density at radius 3 is 2.00 bits per heavy atom. The highest BCUT2D eigenvalue weighted by Gasteiger charge is 2.51. The monoisotopic (exact) mass is 437 g/mol. The molecule has 0 bridgehead atoms. The van der Waals surface area contributed by atoms with E-state index >= 15 is 0 Å². The number of Topliss-reactive ketones (excluding diaryl/α,β-unsaturated/α-hetero) is 2. The second-order valence-electron chi connectivity index (χ2n) is 8.23. The average Bonchev–Trinajstić information content (AvgIpc) is 3.44. The second kappa shape index (κ2) is 7.15. The van der Waals surface area contributed by atoms with Crippen LogP contribution in [0.1, 0.15) is 49.6 Å². The number of pyridine rings is 1. The molecule has 2 aromatic heterocycles. The lowest BCUT2D eigenvalue weighted by molar-refractivity contribution is 0.0803. The molecule has 0 spiro atoms. The maximum Gasteiger partial charge on any atom is 0.204 e. The standard InChI is InChI=1S/C26H19N3O4/c30-23-15-10-4-5-11-16(15)24(31)20(23)22-19-18(21(28-22)17-12-6-7-13-27-17)25(32)29(26(19)33)14-8-2-1-3-9-14/h1-13,20-22,28,32-33H. The van der Waals surface area contributed by atoms with Gasteiger partial charge in [0.1, 0.15) is 5.92 Å². The van der Waals surface area contributed by atoms with E-state index in [2.05, 4.69) is 10.3 Å². The number of benzene rings is 2. The lowest BCUT2D eigenvalue weighted by Gasteiger charge is -2.21. The summed E-state index contributed by atoms with van der Waals surface area (Å²) >= 11 is 0. The molecule has 2 aromatic carbocycles. The van der Waals surface area contributed by atoms with Gasteiger partial charge in [-0.15, -0.1) is 0 Å². The third kappa shape index (κ3) is 2.69. The number of aromatic hydroxyl groups is 2. The van der Waals surface area contributed by atoms with Crippen LogP contribution in [0.2, 0.25) is 0 Å². The molecule has 7 heteroatoms. The number of hydrogen-bond acceptors (Lipinski definition) is 6. The molecule has 162 valence electrons. The summed E-state index contributed by atoms with van der Waals surface area (Å²) in [6.07, 6.45) is 1.64. The van der Waals surface area contributed by atoms with Crippen LogP contribution in [0.3, 0.4) is 0 Å². The van der Waals surface area contributed by atoms with Crippen LogP contribution in [-0.2, 0) is 0 Å². The van der Waals surface area contributed by atoms with Crippen molar-refractivity contribution in [1.29, 1.82) is 0 Å². The molecule has 2 aliphatic rings. The van der Waals surface area contributed by atoms with E-state index in [4.69, 9.17) is 0 Å². The summed E-state index contributed by atoms with van der Waals surface area (Å²) in [5, 5.41) is 25.8. The SMILES string of the molecule is O=C1c2ccccc2C(=O)C1C1NC(c2ccccn2)c2c1c(O)n(-c1ccccc1)c2O. The van der Waals surface area contributed by atoms with Crippen molar-refractivity contribution in [3.05, 3.63) is 107 Å². The molecule has 6 rings (SSSR count). The van der Waals surface area contributed by atoms with Gasteiger partial charge in [-0.3, -0.25) is 24.5 Å². The molecule has 33 heavy (non-hydrogen) atoms. The minimum absolute atomic E-state index is 0.158. The van der Waals surface area contributed by atoms with E-state index in [1.54, 1.807) is 66.9 Å². The van der Waals surface area contributed by atoms with Gasteiger partial charge in [-0.05, 0) is 24.3 Å². The molecule has 0 fully saturated rings. The Balaban J connectivity index is 1.55. The van der Waals surface area contributed by atoms with Crippen LogP contribution < -0.4 is 5.32 Å². The molecule has 0 radical (unpaired) electrons. The van der Waals surface area contributed by atoms with Crippen molar-refractivity contribution in [2.75, 3.05) is 0 Å². The summed E-state index contributed by atoms with van der Waals surface area (Å²) in [5.74, 6) is -2.01. The Labute approximate surface area is 189 Å². The third-order valence-electron chi connectivity index (χ3n) is 6.50. The maximum atomic E-state index is 13.3. The molecule has 1 aliphatic heterocycles. The van der Waals surface area contributed by atoms with Crippen LogP contribution in [-0.4, -0.2) is 31.3 Å². The van der Waals surface area contributed by atoms with Gasteiger partial charge in [0.15, 0.2) is 11.6 Å². The Bertz CT molecular complexity index is 1380. The topological polar surface area (TPSA) is 104 Å². The van der Waals surface area contributed by atoms with Gasteiger partial charge in [0.05, 0.1) is 23.5 Å². The first-order valence-electron chi connectivity index (χ1n) is 10.6. The molecule has 2 atom stereocenters. The number of para-hydroxylation sites is 1. The van der Waals surface area contributed by atoms with E-state index in [9.17, 15) is 19.8 Å². The normalized spacial score (nSPS) is 19.6. The van der Waals surface area contributed by atoms with Gasteiger partial charge in [0.2, 0.25) is 11.8 Å². The van der Waals surface area contributed by atoms with Crippen molar-refractivity contribution in [3.8, 4) is 17.4 Å². The van der Waals surface area contributed by atoms with Crippen molar-refractivity contribution in [2.24, 2.45) is 5.92 Å². The van der Waals surface area contributed by atoms with E-state index in [0.717, 1.165) is 0 Å². The van der Waals surface area contributed by atoms with Gasteiger partial charge >= 0.3 is 0 Å². The fourth-order valence-electron chi connectivity index (χ4n) is 5.05. The fraction of sp³-hybridized carbons (Fsp3) is 0.115. The molecule has 3 N–H and O–H groups in total. The Morgan fingerprint density at radius 1 is 0.758 bits per heavy atom. The van der Waals surface area contributed by atoms with Crippen molar-refractivity contribution < 1.29 is 19.8 Å². The number of nitrogens with one attached hydrogen (secondary N) is 1. The minimum atomic E-state index is -1.05. The summed E-state index contributed by atoms with van der Waals surface area (Å²) < 4.78 is 1.34. The second-order valence-corrected chi connectivity index (χ2v) is 8.23. The fourth-order valence-corrected chi connectivity index (χ4v) is 5.05. The zero-order valence-electron chi connectivity index (χ0n) is 17.3. The molecule has 2 unspecified atom stereocenters. The van der Waals surface area contributed by atoms with Gasteiger partial charge in [-0.2, -0.15) is 0 Å². The van der Waals surface area contributed by atoms with Gasteiger partial charge in [0, 0.05) is 28.5 Å². The minimum Gasteiger partial charge on any atom is -0.494 e. The van der Waals surface area contributed by atoms with Gasteiger partial charge in [-0.1, -0.05) is 48.5 Å². The van der Waals surface area contributed by atoms with Crippen LogP contribution in [0, 0.1) is 5.92 Å². The van der Waals surface area contributed by atoms with Crippen LogP contribution in [0.4, 0.5) is 0 Å². The number of aromatic nitrogens is 2. The summed E-state index contributed by atoms with van der Waals surface area (Å²) in [6, 6.07) is 19.7. The van der Waals surface area contributed by atoms with E-state index in [1.165, 1.54) is 4.57 Å². The van der Waals surface area contributed by atoms with E-state index in [0.29, 0.717) is 33.6 Å². The highest BCUT2D eigenvalue weighted by Crippen LogP contribution is 2.53. The van der Waals surface area contributed by atoms with Crippen LogP contribution in [0.15, 0.2) is 79.0 Å². The predicted molar refractivity (Wildman–Crippen MR) is 120 cm³/mol. The zero-order valence-corrected chi connectivity index (χ0v) is 17.3. The molecule has 3 heterocycles. The molecular formula is C26H19N3O4. The van der Waals surface area contributed by atoms with Crippen molar-refractivity contribution in [1.82, 2.24) is 14.9 Å². The number of rotatable bonds is 3. The van der Waals surface area contributed by atoms with Crippen LogP contribution >= 0.6 is 0 Å². The Hall–Kier alpha value is -4.23. The van der Waals surface area contributed by atoms with Crippen LogP contribution in [0.25, 0.3) is 5.69 Å². The first-order valence-corrected chi connectivity index (χ1v) is 10.6. The summed E-state index contributed by atoms with van der Waals surface area (Å²) in [6.45, 7) is 0. The highest BCUT2D eigenvalue weighted by atomic mass is 16.3. The summed E-state index contributed by atoms with van der Waals surface area (Å²) in [4.78, 5) is 31.0. The number of hydrogen-bond donors (Lipinski definition) is 3. The Morgan fingerprint density at radius 2 is 1.36 bits per heavy atom. The molecule has 7 nitrogen and oxygen atoms in total. The maximum absolute atomic E-state index is 13.3. The summed E-state index contributed by atoms with van der Waals surface area (Å²) in [7, 11) is 0. The first kappa shape index (κ1) is 19.5. The zero-order chi connectivity index (χ0) is 22.7. The Kier molecular flexibility index (Phi) is 4.21. The molecule has 0 saturated carbocycles. The molecule has 1 aliphatic carbocycles. The molecule has 0 saturated heterocycles. The smallest absolute Gasteiger partial charge is 0.204 e. The lowest BCUT2D eigenvalue weighted by Crippen LogP contribution is -2.32. The van der Waals surface area contributed by atoms with Crippen molar-refractivity contribution in [3.63, 3.8) is 0 Å². The third-order valence-corrected chi connectivity index (χ3v) is 6.50. The number of carbonyl (C=O) groups excluding carboxylic acids is 2. The first-order chi connectivity index (χ1) is 16.1. The van der Waals surface area contributed by atoms with Crippen molar-refractivity contribution in [2.45, 2.75) is 12.1 Å². The molecule has 4 aromatic rings. The van der Waals surface area contributed by atoms with Gasteiger partial charge in [-0.25, -0.2) is 0 Å². The van der Waals surface area contributed by atoms with Gasteiger partial charge < -0.3 is 10.2 Å². The van der Waals surface area contributed by atoms with E-state index < -0.39 is 18.0 Å². The predicted octanol–water partition coefficient (Wildman–Crippen LogP) is 3.71. The quantitative estimate of drug-likeness (QED) is 0.422. The van der Waals surface area contributed by atoms with Gasteiger partial charge in [0.25, 0.3) is 0 Å². The van der Waals surface area contributed by atoms with E-state index in [1.807, 2.05) is 12.1 Å². The number of carbonyl (C=O) groups is 2. The number of ketones is 2. The average molecular weight is 437 g/mol. The number of fused-ring (bicyclic) bond motifs is 2. The molecular weight excluding hydrogens is 418 g/mol. The largest absolute Gasteiger partial charge is 0.494 e. The highest BCUT2D eigenvalue weighted by molar-refractivity contribution is 6.27. The number of nitrogens with zero attached hydrogens (tertiary/aromatic N) is 2. The van der Waals surface area contributed by atoms with Crippen LogP contribution in [0.5, 0.6) is 11.8 Å². The lowest BCUT2D eigenvalue weighted by atomic mass is 9.90. The summed E-state index contributed by atoms with van der Waals surface area (Å²) in [5.41, 5.74) is 2.68. The van der Waals surface area contributed by atoms with E-state index in [-0.39, 0.29) is 23.3 Å². The van der Waals surface area contributed by atoms with Crippen molar-refractivity contribution >= 4 is 11.6 Å².